The summed E-state index contributed by atoms with van der Waals surface area (Å²) in [6, 6.07) is 12.0. The molecule has 0 bridgehead atoms. The van der Waals surface area contributed by atoms with E-state index in [1.807, 2.05) is 54.6 Å². The second-order valence-electron chi connectivity index (χ2n) is 11.4. The number of nitrogens with one attached hydrogen (secondary N) is 6. The van der Waals surface area contributed by atoms with E-state index in [0.29, 0.717) is 6.42 Å². The van der Waals surface area contributed by atoms with Crippen LogP contribution in [0.1, 0.15) is 37.8 Å². The lowest BCUT2D eigenvalue weighted by Gasteiger charge is -2.29. The number of benzene rings is 2. The van der Waals surface area contributed by atoms with Crippen LogP contribution >= 0.6 is 12.6 Å². The largest absolute Gasteiger partial charge is 0.480 e. The van der Waals surface area contributed by atoms with Crippen LogP contribution in [0.3, 0.4) is 0 Å². The molecule has 0 unspecified atom stereocenters. The summed E-state index contributed by atoms with van der Waals surface area (Å²) < 4.78 is -1.12. The number of amides is 3. The fourth-order valence-corrected chi connectivity index (χ4v) is 5.00. The van der Waals surface area contributed by atoms with Gasteiger partial charge in [-0.05, 0) is 50.3 Å². The van der Waals surface area contributed by atoms with Gasteiger partial charge in [-0.3, -0.25) is 19.8 Å². The van der Waals surface area contributed by atoms with Crippen molar-refractivity contribution < 1.29 is 24.3 Å². The number of carboxylic acids is 1. The quantitative estimate of drug-likeness (QED) is 0.0466. The summed E-state index contributed by atoms with van der Waals surface area (Å²) in [5, 5.41) is 28.6. The zero-order chi connectivity index (χ0) is 33.1. The zero-order valence-electron chi connectivity index (χ0n) is 25.3. The molecule has 0 spiro atoms. The van der Waals surface area contributed by atoms with Crippen molar-refractivity contribution in [3.63, 3.8) is 0 Å². The third kappa shape index (κ3) is 10.5. The highest BCUT2D eigenvalue weighted by Gasteiger charge is 2.36. The zero-order valence-corrected chi connectivity index (χ0v) is 26.2. The van der Waals surface area contributed by atoms with Crippen LogP contribution in [0.2, 0.25) is 0 Å². The smallest absolute Gasteiger partial charge is 0.327 e. The van der Waals surface area contributed by atoms with Crippen molar-refractivity contribution in [1.82, 2.24) is 26.3 Å². The summed E-state index contributed by atoms with van der Waals surface area (Å²) in [5.74, 6) is -3.46. The van der Waals surface area contributed by atoms with Gasteiger partial charge < -0.3 is 42.8 Å². The highest BCUT2D eigenvalue weighted by molar-refractivity contribution is 7.81. The third-order valence-corrected chi connectivity index (χ3v) is 7.48. The molecule has 0 radical (unpaired) electrons. The molecule has 1 aromatic heterocycles. The molecule has 0 aliphatic carbocycles. The van der Waals surface area contributed by atoms with Crippen LogP contribution < -0.4 is 32.7 Å². The van der Waals surface area contributed by atoms with Crippen LogP contribution in [0.25, 0.3) is 10.9 Å². The fraction of sp³-hybridized carbons (Fsp3) is 0.387. The van der Waals surface area contributed by atoms with Gasteiger partial charge in [0.15, 0.2) is 5.96 Å². The van der Waals surface area contributed by atoms with Gasteiger partial charge in [-0.2, -0.15) is 12.6 Å². The van der Waals surface area contributed by atoms with E-state index >= 15 is 0 Å². The molecular weight excluding hydrogens is 596 g/mol. The Morgan fingerprint density at radius 2 is 1.56 bits per heavy atom. The van der Waals surface area contributed by atoms with Crippen molar-refractivity contribution in [2.45, 2.75) is 68.4 Å². The van der Waals surface area contributed by atoms with E-state index in [9.17, 15) is 24.3 Å². The number of para-hydroxylation sites is 1. The van der Waals surface area contributed by atoms with Gasteiger partial charge in [0.2, 0.25) is 17.7 Å². The Bertz CT molecular complexity index is 1490. The number of guanidine groups is 1. The maximum absolute atomic E-state index is 13.7. The van der Waals surface area contributed by atoms with E-state index in [1.54, 1.807) is 20.0 Å². The summed E-state index contributed by atoms with van der Waals surface area (Å²) >= 11 is 4.35. The van der Waals surface area contributed by atoms with Gasteiger partial charge in [-0.15, -0.1) is 0 Å². The van der Waals surface area contributed by atoms with E-state index < -0.39 is 52.6 Å². The van der Waals surface area contributed by atoms with E-state index in [1.165, 1.54) is 0 Å². The van der Waals surface area contributed by atoms with Crippen LogP contribution in [0.5, 0.6) is 0 Å². The minimum atomic E-state index is -1.36. The number of aromatic nitrogens is 1. The molecule has 0 saturated carbocycles. The summed E-state index contributed by atoms with van der Waals surface area (Å²) in [5.41, 5.74) is 13.9. The average molecular weight is 639 g/mol. The number of aliphatic carboxylic acids is 1. The van der Waals surface area contributed by atoms with Crippen molar-refractivity contribution in [3.05, 3.63) is 71.9 Å². The number of aromatic amines is 1. The van der Waals surface area contributed by atoms with Gasteiger partial charge >= 0.3 is 5.97 Å². The molecule has 1 heterocycles. The Hall–Kier alpha value is -4.56. The lowest BCUT2D eigenvalue weighted by atomic mass is 10.00. The van der Waals surface area contributed by atoms with Gasteiger partial charge in [0.1, 0.15) is 18.1 Å². The van der Waals surface area contributed by atoms with Crippen LogP contribution in [0, 0.1) is 5.41 Å². The molecule has 3 aromatic rings. The van der Waals surface area contributed by atoms with Crippen molar-refractivity contribution in [3.8, 4) is 0 Å². The summed E-state index contributed by atoms with van der Waals surface area (Å²) in [6.45, 7) is 3.38. The van der Waals surface area contributed by atoms with E-state index in [0.717, 1.165) is 22.0 Å². The fourth-order valence-electron chi connectivity index (χ4n) is 4.82. The first-order chi connectivity index (χ1) is 21.3. The molecule has 0 fully saturated rings. The number of H-pyrrole nitrogens is 1. The molecule has 2 aromatic carbocycles. The Kier molecular flexibility index (Phi) is 12.4. The van der Waals surface area contributed by atoms with Gasteiger partial charge in [0.05, 0.1) is 6.04 Å². The van der Waals surface area contributed by atoms with Gasteiger partial charge in [0, 0.05) is 34.8 Å². The molecular formula is C31H42N8O5S. The topological polar surface area (TPSA) is 228 Å². The normalized spacial score (nSPS) is 14.0. The number of fused-ring (bicyclic) bond motifs is 1. The summed E-state index contributed by atoms with van der Waals surface area (Å²) in [7, 11) is 0. The molecule has 0 aliphatic heterocycles. The second-order valence-corrected chi connectivity index (χ2v) is 12.6. The first-order valence-electron chi connectivity index (χ1n) is 14.5. The van der Waals surface area contributed by atoms with E-state index in [2.05, 4.69) is 38.9 Å². The maximum Gasteiger partial charge on any atom is 0.327 e. The lowest BCUT2D eigenvalue weighted by Crippen LogP contribution is -2.60. The standard InChI is InChI=1S/C31H42N8O5S/c1-31(2,45)25(29(43)44)39-28(42)24(16-19-17-36-22-12-7-6-11-20(19)22)38-27(41)23(13-8-14-35-30(33)34)37-26(40)21(32)15-18-9-4-3-5-10-18/h3-7,9-12,17,21,23-25,36,45H,8,13-16,32H2,1-2H3,(H,37,40)(H,38,41)(H,39,42)(H,43,44)(H4,33,34,35)/t21-,23+,24+,25-/m1/s1. The molecule has 3 amide bonds. The molecule has 45 heavy (non-hydrogen) atoms. The van der Waals surface area contributed by atoms with Crippen LogP contribution in [-0.2, 0) is 32.0 Å². The Labute approximate surface area is 267 Å². The monoisotopic (exact) mass is 638 g/mol. The Balaban J connectivity index is 1.85. The molecule has 11 N–H and O–H groups in total. The maximum atomic E-state index is 13.7. The van der Waals surface area contributed by atoms with Crippen LogP contribution in [0.15, 0.2) is 60.8 Å². The van der Waals surface area contributed by atoms with Gasteiger partial charge in [-0.25, -0.2) is 4.79 Å². The number of hydrogen-bond acceptors (Lipinski definition) is 7. The molecule has 3 rings (SSSR count). The highest BCUT2D eigenvalue weighted by Crippen LogP contribution is 2.21. The van der Waals surface area contributed by atoms with Crippen molar-refractivity contribution in [2.75, 3.05) is 6.54 Å². The number of carboxylic acid groups (broad SMARTS) is 1. The lowest BCUT2D eigenvalue weighted by molar-refractivity contribution is -0.143. The summed E-state index contributed by atoms with van der Waals surface area (Å²) in [4.78, 5) is 55.6. The number of nitrogens with two attached hydrogens (primary N) is 2. The molecule has 242 valence electrons. The van der Waals surface area contributed by atoms with Gasteiger partial charge in [-0.1, -0.05) is 48.5 Å². The molecule has 0 aliphatic rings. The molecule has 4 atom stereocenters. The number of rotatable bonds is 16. The average Bonchev–Trinajstić information content (AvgIpc) is 3.39. The Morgan fingerprint density at radius 1 is 0.933 bits per heavy atom. The Morgan fingerprint density at radius 3 is 2.20 bits per heavy atom. The van der Waals surface area contributed by atoms with Crippen LogP contribution in [-0.4, -0.2) is 75.2 Å². The molecule has 14 heteroatoms. The summed E-state index contributed by atoms with van der Waals surface area (Å²) in [6.07, 6.45) is 2.48. The minimum absolute atomic E-state index is 0.0288. The van der Waals surface area contributed by atoms with Crippen molar-refractivity contribution >= 4 is 53.2 Å². The van der Waals surface area contributed by atoms with Crippen molar-refractivity contribution in [1.29, 1.82) is 5.41 Å². The second kappa shape index (κ2) is 16.0. The van der Waals surface area contributed by atoms with Crippen LogP contribution in [0.4, 0.5) is 0 Å². The number of carbonyl (C=O) groups is 4. The van der Waals surface area contributed by atoms with E-state index in [-0.39, 0.29) is 31.8 Å². The SMILES string of the molecule is CC(C)(S)[C@H](NC(=O)[C@H](Cc1c[nH]c2ccccc12)NC(=O)[C@H](CCCNC(=N)N)NC(=O)[C@H](N)Cc1ccccc1)C(=O)O. The van der Waals surface area contributed by atoms with Gasteiger partial charge in [0.25, 0.3) is 0 Å². The first-order valence-corrected chi connectivity index (χ1v) is 15.0. The molecule has 0 saturated heterocycles. The number of hydrogen-bond donors (Lipinski definition) is 10. The highest BCUT2D eigenvalue weighted by atomic mass is 32.1. The number of carbonyl (C=O) groups excluding carboxylic acids is 3. The first kappa shape index (κ1) is 34.9. The van der Waals surface area contributed by atoms with E-state index in [4.69, 9.17) is 16.9 Å². The number of thiol groups is 1. The predicted octanol–water partition coefficient (Wildman–Crippen LogP) is 0.791. The minimum Gasteiger partial charge on any atom is -0.480 e. The van der Waals surface area contributed by atoms with Crippen molar-refractivity contribution in [2.24, 2.45) is 11.5 Å². The molecule has 13 nitrogen and oxygen atoms in total. The third-order valence-electron chi connectivity index (χ3n) is 7.23. The predicted molar refractivity (Wildman–Crippen MR) is 176 cm³/mol.